The third kappa shape index (κ3) is 4.21. The molecule has 0 saturated carbocycles. The third-order valence-electron chi connectivity index (χ3n) is 3.08. The molecule has 0 spiro atoms. The number of rotatable bonds is 6. The van der Waals surface area contributed by atoms with Crippen LogP contribution in [0.1, 0.15) is 30.7 Å². The second kappa shape index (κ2) is 6.53. The van der Waals surface area contributed by atoms with Gasteiger partial charge in [0, 0.05) is 12.7 Å². The molecule has 2 rings (SSSR count). The van der Waals surface area contributed by atoms with Crippen LogP contribution in [0.5, 0.6) is 0 Å². The fourth-order valence-corrected chi connectivity index (χ4v) is 2.12. The maximum Gasteiger partial charge on any atom is 0.0663 e. The monoisotopic (exact) mass is 257 g/mol. The highest BCUT2D eigenvalue weighted by atomic mass is 15.3. The van der Waals surface area contributed by atoms with Gasteiger partial charge in [0.2, 0.25) is 0 Å². The minimum absolute atomic E-state index is 0.674. The van der Waals surface area contributed by atoms with Crippen molar-refractivity contribution < 1.29 is 0 Å². The summed E-state index contributed by atoms with van der Waals surface area (Å²) in [5.74, 6) is 0.674. The average molecular weight is 257 g/mol. The smallest absolute Gasteiger partial charge is 0.0663 e. The lowest BCUT2D eigenvalue weighted by molar-refractivity contribution is 0.529. The van der Waals surface area contributed by atoms with Crippen molar-refractivity contribution in [2.75, 3.05) is 6.54 Å². The number of nitrogens with zero attached hydrogens (tertiary/aromatic N) is 2. The van der Waals surface area contributed by atoms with Gasteiger partial charge in [0.05, 0.1) is 12.2 Å². The first-order valence-electron chi connectivity index (χ1n) is 6.92. The Morgan fingerprint density at radius 3 is 2.84 bits per heavy atom. The molecule has 2 aromatic rings. The largest absolute Gasteiger partial charge is 0.311 e. The zero-order valence-corrected chi connectivity index (χ0v) is 12.1. The molecule has 0 amide bonds. The Kier molecular flexibility index (Phi) is 4.74. The van der Waals surface area contributed by atoms with Crippen LogP contribution in [0.4, 0.5) is 0 Å². The SMILES string of the molecule is Cc1cccc(Cn2nccc2CNCC(C)C)c1. The van der Waals surface area contributed by atoms with Gasteiger partial charge >= 0.3 is 0 Å². The normalized spacial score (nSPS) is 11.2. The van der Waals surface area contributed by atoms with E-state index < -0.39 is 0 Å². The Hall–Kier alpha value is -1.61. The summed E-state index contributed by atoms with van der Waals surface area (Å²) in [6, 6.07) is 10.7. The van der Waals surface area contributed by atoms with E-state index in [0.717, 1.165) is 19.6 Å². The quantitative estimate of drug-likeness (QED) is 0.862. The highest BCUT2D eigenvalue weighted by Crippen LogP contribution is 2.08. The minimum atomic E-state index is 0.674. The van der Waals surface area contributed by atoms with Crippen LogP contribution >= 0.6 is 0 Å². The van der Waals surface area contributed by atoms with Crippen LogP contribution in [0.2, 0.25) is 0 Å². The van der Waals surface area contributed by atoms with E-state index in [1.807, 2.05) is 6.20 Å². The maximum atomic E-state index is 4.42. The second-order valence-electron chi connectivity index (χ2n) is 5.49. The first-order valence-corrected chi connectivity index (χ1v) is 6.92. The Morgan fingerprint density at radius 2 is 2.11 bits per heavy atom. The van der Waals surface area contributed by atoms with Gasteiger partial charge in [-0.2, -0.15) is 5.10 Å². The molecule has 0 bridgehead atoms. The Balaban J connectivity index is 1.99. The predicted molar refractivity (Wildman–Crippen MR) is 79.1 cm³/mol. The first kappa shape index (κ1) is 13.8. The molecule has 1 N–H and O–H groups in total. The lowest BCUT2D eigenvalue weighted by atomic mass is 10.1. The van der Waals surface area contributed by atoms with E-state index in [-0.39, 0.29) is 0 Å². The molecule has 0 radical (unpaired) electrons. The third-order valence-corrected chi connectivity index (χ3v) is 3.08. The molecule has 1 aromatic carbocycles. The number of aromatic nitrogens is 2. The summed E-state index contributed by atoms with van der Waals surface area (Å²) in [7, 11) is 0. The van der Waals surface area contributed by atoms with Gasteiger partial charge in [0.1, 0.15) is 0 Å². The highest BCUT2D eigenvalue weighted by Gasteiger charge is 2.03. The number of hydrogen-bond donors (Lipinski definition) is 1. The van der Waals surface area contributed by atoms with Crippen LogP contribution in [0.25, 0.3) is 0 Å². The van der Waals surface area contributed by atoms with Crippen LogP contribution < -0.4 is 5.32 Å². The topological polar surface area (TPSA) is 29.9 Å². The molecular formula is C16H23N3. The number of aryl methyl sites for hydroxylation is 1. The lowest BCUT2D eigenvalue weighted by Crippen LogP contribution is -2.21. The predicted octanol–water partition coefficient (Wildman–Crippen LogP) is 2.99. The Morgan fingerprint density at radius 1 is 1.26 bits per heavy atom. The fraction of sp³-hybridized carbons (Fsp3) is 0.438. The molecular weight excluding hydrogens is 234 g/mol. The van der Waals surface area contributed by atoms with Crippen molar-refractivity contribution >= 4 is 0 Å². The fourth-order valence-electron chi connectivity index (χ4n) is 2.12. The van der Waals surface area contributed by atoms with E-state index in [1.165, 1.54) is 16.8 Å². The molecule has 0 aliphatic rings. The summed E-state index contributed by atoms with van der Waals surface area (Å²) < 4.78 is 2.07. The number of hydrogen-bond acceptors (Lipinski definition) is 2. The van der Waals surface area contributed by atoms with Crippen molar-refractivity contribution in [3.8, 4) is 0 Å². The van der Waals surface area contributed by atoms with Gasteiger partial charge < -0.3 is 5.32 Å². The Bertz CT molecular complexity index is 514. The summed E-state index contributed by atoms with van der Waals surface area (Å²) in [5.41, 5.74) is 3.83. The zero-order chi connectivity index (χ0) is 13.7. The molecule has 0 aliphatic carbocycles. The van der Waals surface area contributed by atoms with Crippen molar-refractivity contribution in [3.63, 3.8) is 0 Å². The molecule has 1 aromatic heterocycles. The van der Waals surface area contributed by atoms with Gasteiger partial charge in [-0.15, -0.1) is 0 Å². The number of benzene rings is 1. The van der Waals surface area contributed by atoms with Gasteiger partial charge in [0.15, 0.2) is 0 Å². The van der Waals surface area contributed by atoms with Crippen molar-refractivity contribution in [1.29, 1.82) is 0 Å². The van der Waals surface area contributed by atoms with E-state index >= 15 is 0 Å². The molecule has 0 atom stereocenters. The molecule has 19 heavy (non-hydrogen) atoms. The van der Waals surface area contributed by atoms with Crippen LogP contribution in [0, 0.1) is 12.8 Å². The van der Waals surface area contributed by atoms with Gasteiger partial charge in [-0.3, -0.25) is 4.68 Å². The first-order chi connectivity index (χ1) is 9.15. The maximum absolute atomic E-state index is 4.42. The molecule has 1 heterocycles. The van der Waals surface area contributed by atoms with E-state index in [4.69, 9.17) is 0 Å². The summed E-state index contributed by atoms with van der Waals surface area (Å²) in [5, 5.41) is 7.88. The van der Waals surface area contributed by atoms with Gasteiger partial charge in [0.25, 0.3) is 0 Å². The summed E-state index contributed by atoms with van der Waals surface area (Å²) in [4.78, 5) is 0. The molecule has 3 heteroatoms. The van der Waals surface area contributed by atoms with Crippen molar-refractivity contribution in [3.05, 3.63) is 53.3 Å². The van der Waals surface area contributed by atoms with E-state index in [2.05, 4.69) is 66.2 Å². The van der Waals surface area contributed by atoms with Crippen LogP contribution in [-0.4, -0.2) is 16.3 Å². The average Bonchev–Trinajstić information content (AvgIpc) is 2.76. The molecule has 102 valence electrons. The van der Waals surface area contributed by atoms with Crippen molar-refractivity contribution in [2.24, 2.45) is 5.92 Å². The molecule has 0 fully saturated rings. The highest BCUT2D eigenvalue weighted by molar-refractivity contribution is 5.22. The van der Waals surface area contributed by atoms with Crippen LogP contribution in [0.15, 0.2) is 36.5 Å². The standard InChI is InChI=1S/C16H23N3/c1-13(2)10-17-11-16-7-8-18-19(16)12-15-6-4-5-14(3)9-15/h4-9,13,17H,10-12H2,1-3H3. The van der Waals surface area contributed by atoms with Crippen LogP contribution in [0.3, 0.4) is 0 Å². The summed E-state index contributed by atoms with van der Waals surface area (Å²) in [6.45, 7) is 9.32. The Labute approximate surface area is 115 Å². The molecule has 3 nitrogen and oxygen atoms in total. The molecule has 0 aliphatic heterocycles. The number of nitrogens with one attached hydrogen (secondary N) is 1. The molecule has 0 saturated heterocycles. The van der Waals surface area contributed by atoms with E-state index in [9.17, 15) is 0 Å². The zero-order valence-electron chi connectivity index (χ0n) is 12.1. The van der Waals surface area contributed by atoms with Gasteiger partial charge in [-0.25, -0.2) is 0 Å². The lowest BCUT2D eigenvalue weighted by Gasteiger charge is -2.10. The summed E-state index contributed by atoms with van der Waals surface area (Å²) in [6.07, 6.45) is 1.88. The van der Waals surface area contributed by atoms with Gasteiger partial charge in [-0.1, -0.05) is 43.7 Å². The van der Waals surface area contributed by atoms with Crippen molar-refractivity contribution in [1.82, 2.24) is 15.1 Å². The van der Waals surface area contributed by atoms with Crippen molar-refractivity contribution in [2.45, 2.75) is 33.9 Å². The summed E-state index contributed by atoms with van der Waals surface area (Å²) >= 11 is 0. The molecule has 0 unspecified atom stereocenters. The van der Waals surface area contributed by atoms with Gasteiger partial charge in [-0.05, 0) is 31.0 Å². The van der Waals surface area contributed by atoms with Crippen LogP contribution in [-0.2, 0) is 13.1 Å². The van der Waals surface area contributed by atoms with E-state index in [0.29, 0.717) is 5.92 Å². The minimum Gasteiger partial charge on any atom is -0.311 e. The second-order valence-corrected chi connectivity index (χ2v) is 5.49. The van der Waals surface area contributed by atoms with E-state index in [1.54, 1.807) is 0 Å².